The summed E-state index contributed by atoms with van der Waals surface area (Å²) in [4.78, 5) is 30.2. The minimum absolute atomic E-state index is 0.238. The molecule has 0 spiro atoms. The molecule has 1 aliphatic heterocycles. The van der Waals surface area contributed by atoms with E-state index in [0.717, 1.165) is 47.6 Å². The lowest BCUT2D eigenvalue weighted by Crippen LogP contribution is -2.49. The van der Waals surface area contributed by atoms with Crippen LogP contribution in [0, 0.1) is 0 Å². The van der Waals surface area contributed by atoms with Crippen LogP contribution in [0.1, 0.15) is 45.9 Å². The van der Waals surface area contributed by atoms with Gasteiger partial charge in [-0.25, -0.2) is 9.78 Å². The third-order valence-electron chi connectivity index (χ3n) is 7.17. The van der Waals surface area contributed by atoms with E-state index >= 15 is 0 Å². The van der Waals surface area contributed by atoms with Crippen LogP contribution in [0.25, 0.3) is 33.6 Å². The molecule has 1 N–H and O–H groups in total. The van der Waals surface area contributed by atoms with Crippen LogP contribution in [0.3, 0.4) is 0 Å². The van der Waals surface area contributed by atoms with Crippen LogP contribution in [0.4, 0.5) is 4.79 Å². The molecule has 1 aliphatic rings. The third-order valence-corrected chi connectivity index (χ3v) is 7.17. The summed E-state index contributed by atoms with van der Waals surface area (Å²) >= 11 is 0. The van der Waals surface area contributed by atoms with Crippen molar-refractivity contribution in [3.63, 3.8) is 0 Å². The smallest absolute Gasteiger partial charge is 0.410 e. The Hall–Kier alpha value is -4.14. The SMILES string of the molecule is CC(C)(C)OC(=O)N1CCN(Cc2ccc(-c3cncc(-c4cc(-c5ccccn5)nc(C(C)(C)O)c4)c3)cc2)CC1. The average molecular weight is 566 g/mol. The van der Waals surface area contributed by atoms with Crippen LogP contribution in [-0.4, -0.2) is 67.7 Å². The fraction of sp³-hybridized carbons (Fsp3) is 0.353. The van der Waals surface area contributed by atoms with Crippen molar-refractivity contribution in [3.05, 3.63) is 90.5 Å². The molecule has 1 fully saturated rings. The molecule has 0 bridgehead atoms. The average Bonchev–Trinajstić information content (AvgIpc) is 2.97. The van der Waals surface area contributed by atoms with Crippen molar-refractivity contribution in [2.75, 3.05) is 26.2 Å². The van der Waals surface area contributed by atoms with Crippen LogP contribution in [-0.2, 0) is 16.9 Å². The molecule has 0 atom stereocenters. The number of hydrogen-bond acceptors (Lipinski definition) is 7. The van der Waals surface area contributed by atoms with Gasteiger partial charge in [-0.15, -0.1) is 0 Å². The van der Waals surface area contributed by atoms with Crippen molar-refractivity contribution in [2.24, 2.45) is 0 Å². The Morgan fingerprint density at radius 3 is 2.14 bits per heavy atom. The van der Waals surface area contributed by atoms with E-state index < -0.39 is 11.2 Å². The van der Waals surface area contributed by atoms with Gasteiger partial charge in [-0.05, 0) is 81.6 Å². The van der Waals surface area contributed by atoms with Crippen molar-refractivity contribution in [2.45, 2.75) is 52.4 Å². The molecule has 0 unspecified atom stereocenters. The normalized spacial score (nSPS) is 14.6. The molecule has 4 heterocycles. The number of ether oxygens (including phenoxy) is 1. The predicted molar refractivity (Wildman–Crippen MR) is 164 cm³/mol. The number of piperazine rings is 1. The molecule has 1 saturated heterocycles. The molecule has 3 aromatic heterocycles. The highest BCUT2D eigenvalue weighted by Gasteiger charge is 2.26. The zero-order valence-electron chi connectivity index (χ0n) is 25.0. The Morgan fingerprint density at radius 2 is 1.52 bits per heavy atom. The lowest BCUT2D eigenvalue weighted by Gasteiger charge is -2.35. The van der Waals surface area contributed by atoms with Gasteiger partial charge in [0.05, 0.1) is 17.1 Å². The lowest BCUT2D eigenvalue weighted by molar-refractivity contribution is 0.0139. The number of pyridine rings is 3. The fourth-order valence-electron chi connectivity index (χ4n) is 4.89. The molecular weight excluding hydrogens is 526 g/mol. The zero-order valence-corrected chi connectivity index (χ0v) is 25.0. The summed E-state index contributed by atoms with van der Waals surface area (Å²) in [5.41, 5.74) is 5.58. The molecule has 1 aromatic carbocycles. The Kier molecular flexibility index (Phi) is 8.38. The molecule has 0 radical (unpaired) electrons. The van der Waals surface area contributed by atoms with Gasteiger partial charge < -0.3 is 14.7 Å². The number of amides is 1. The summed E-state index contributed by atoms with van der Waals surface area (Å²) in [6.45, 7) is 12.9. The molecule has 5 rings (SSSR count). The number of hydrogen-bond donors (Lipinski definition) is 1. The van der Waals surface area contributed by atoms with Crippen LogP contribution in [0.5, 0.6) is 0 Å². The van der Waals surface area contributed by atoms with Crippen LogP contribution < -0.4 is 0 Å². The fourth-order valence-corrected chi connectivity index (χ4v) is 4.89. The van der Waals surface area contributed by atoms with E-state index in [-0.39, 0.29) is 6.09 Å². The minimum Gasteiger partial charge on any atom is -0.444 e. The molecule has 8 heteroatoms. The van der Waals surface area contributed by atoms with Gasteiger partial charge in [0.25, 0.3) is 0 Å². The molecule has 1 amide bonds. The molecule has 0 aliphatic carbocycles. The topological polar surface area (TPSA) is 91.7 Å². The quantitative estimate of drug-likeness (QED) is 0.300. The van der Waals surface area contributed by atoms with Gasteiger partial charge in [0, 0.05) is 62.4 Å². The van der Waals surface area contributed by atoms with Crippen molar-refractivity contribution in [1.29, 1.82) is 0 Å². The van der Waals surface area contributed by atoms with Crippen LogP contribution in [0.2, 0.25) is 0 Å². The van der Waals surface area contributed by atoms with Gasteiger partial charge in [-0.1, -0.05) is 30.3 Å². The monoisotopic (exact) mass is 565 g/mol. The van der Waals surface area contributed by atoms with E-state index in [1.165, 1.54) is 5.56 Å². The molecule has 218 valence electrons. The van der Waals surface area contributed by atoms with Gasteiger partial charge in [-0.3, -0.25) is 14.9 Å². The van der Waals surface area contributed by atoms with Crippen molar-refractivity contribution < 1.29 is 14.6 Å². The van der Waals surface area contributed by atoms with Crippen molar-refractivity contribution >= 4 is 6.09 Å². The highest BCUT2D eigenvalue weighted by atomic mass is 16.6. The summed E-state index contributed by atoms with van der Waals surface area (Å²) in [5.74, 6) is 0. The largest absolute Gasteiger partial charge is 0.444 e. The second-order valence-electron chi connectivity index (χ2n) is 12.3. The number of carbonyl (C=O) groups is 1. The Labute approximate surface area is 248 Å². The number of aromatic nitrogens is 3. The van der Waals surface area contributed by atoms with E-state index in [9.17, 15) is 9.90 Å². The van der Waals surface area contributed by atoms with Gasteiger partial charge >= 0.3 is 6.09 Å². The third kappa shape index (κ3) is 7.38. The second-order valence-corrected chi connectivity index (χ2v) is 12.3. The molecule has 0 saturated carbocycles. The molecule has 8 nitrogen and oxygen atoms in total. The zero-order chi connectivity index (χ0) is 29.9. The Balaban J connectivity index is 1.30. The summed E-state index contributed by atoms with van der Waals surface area (Å²) in [5, 5.41) is 10.8. The standard InChI is InChI=1S/C34H39N5O3/c1-33(2,3)42-32(40)39-16-14-38(15-17-39)23-24-9-11-25(12-10-24)27-18-28(22-35-21-27)26-19-30(29-8-6-7-13-36-29)37-31(20-26)34(4,5)41/h6-13,18-22,41H,14-17,23H2,1-5H3. The minimum atomic E-state index is -1.11. The second kappa shape index (κ2) is 12.0. The summed E-state index contributed by atoms with van der Waals surface area (Å²) < 4.78 is 5.52. The van der Waals surface area contributed by atoms with Gasteiger partial charge in [0.1, 0.15) is 11.2 Å². The highest BCUT2D eigenvalue weighted by molar-refractivity contribution is 5.74. The Morgan fingerprint density at radius 1 is 0.833 bits per heavy atom. The van der Waals surface area contributed by atoms with E-state index in [4.69, 9.17) is 9.72 Å². The van der Waals surface area contributed by atoms with Crippen LogP contribution >= 0.6 is 0 Å². The number of carbonyl (C=O) groups excluding carboxylic acids is 1. The van der Waals surface area contributed by atoms with E-state index in [2.05, 4.69) is 45.2 Å². The van der Waals surface area contributed by atoms with Gasteiger partial charge in [0.2, 0.25) is 0 Å². The summed E-state index contributed by atoms with van der Waals surface area (Å²) in [6.07, 6.45) is 5.20. The van der Waals surface area contributed by atoms with Gasteiger partial charge in [0.15, 0.2) is 0 Å². The van der Waals surface area contributed by atoms with Crippen molar-refractivity contribution in [3.8, 4) is 33.6 Å². The number of benzene rings is 1. The first-order valence-corrected chi connectivity index (χ1v) is 14.4. The lowest BCUT2D eigenvalue weighted by atomic mass is 9.97. The number of aliphatic hydroxyl groups is 1. The first kappa shape index (κ1) is 29.4. The van der Waals surface area contributed by atoms with Gasteiger partial charge in [-0.2, -0.15) is 0 Å². The maximum Gasteiger partial charge on any atom is 0.410 e. The summed E-state index contributed by atoms with van der Waals surface area (Å²) in [7, 11) is 0. The first-order chi connectivity index (χ1) is 19.9. The number of nitrogens with zero attached hydrogens (tertiary/aromatic N) is 5. The molecular formula is C34H39N5O3. The Bertz CT molecular complexity index is 1520. The van der Waals surface area contributed by atoms with E-state index in [1.54, 1.807) is 24.9 Å². The predicted octanol–water partition coefficient (Wildman–Crippen LogP) is 6.15. The van der Waals surface area contributed by atoms with E-state index in [0.29, 0.717) is 24.5 Å². The molecule has 4 aromatic rings. The molecule has 42 heavy (non-hydrogen) atoms. The maximum atomic E-state index is 12.4. The first-order valence-electron chi connectivity index (χ1n) is 14.4. The van der Waals surface area contributed by atoms with E-state index in [1.807, 2.05) is 63.5 Å². The number of rotatable bonds is 6. The highest BCUT2D eigenvalue weighted by Crippen LogP contribution is 2.31. The maximum absolute atomic E-state index is 12.4. The summed E-state index contributed by atoms with van der Waals surface area (Å²) in [6, 6.07) is 20.3. The van der Waals surface area contributed by atoms with Crippen molar-refractivity contribution in [1.82, 2.24) is 24.8 Å². The van der Waals surface area contributed by atoms with Crippen LogP contribution in [0.15, 0.2) is 79.3 Å².